The van der Waals surface area contributed by atoms with Gasteiger partial charge in [0.15, 0.2) is 0 Å². The number of carbonyl (C=O) groups is 3. The molecule has 0 atom stereocenters. The van der Waals surface area contributed by atoms with Crippen LogP contribution in [0.1, 0.15) is 27.1 Å². The topological polar surface area (TPSA) is 74.7 Å². The molecule has 0 fully saturated rings. The van der Waals surface area contributed by atoms with Crippen LogP contribution in [0.2, 0.25) is 0 Å². The van der Waals surface area contributed by atoms with Gasteiger partial charge in [-0.15, -0.1) is 0 Å². The Bertz CT molecular complexity index is 420. The summed E-state index contributed by atoms with van der Waals surface area (Å²) in [5.41, 5.74) is 0.769. The predicted molar refractivity (Wildman–Crippen MR) is 51.9 cm³/mol. The van der Waals surface area contributed by atoms with Gasteiger partial charge in [0.05, 0.1) is 17.5 Å². The lowest BCUT2D eigenvalue weighted by Crippen LogP contribution is -2.31. The smallest absolute Gasteiger partial charge is 0.305 e. The highest BCUT2D eigenvalue weighted by Gasteiger charge is 2.35. The van der Waals surface area contributed by atoms with Crippen LogP contribution in [-0.2, 0) is 4.79 Å². The van der Waals surface area contributed by atoms with Gasteiger partial charge in [0.1, 0.15) is 0 Å². The fraction of sp³-hybridized carbons (Fsp3) is 0.222. The molecule has 2 amide bonds. The molecule has 0 aromatic carbocycles. The van der Waals surface area contributed by atoms with Crippen LogP contribution in [0, 0.1) is 0 Å². The fourth-order valence-electron chi connectivity index (χ4n) is 1.42. The number of fused-ring (bicyclic) bond motifs is 1. The van der Waals surface area contributed by atoms with E-state index in [1.165, 1.54) is 11.3 Å². The van der Waals surface area contributed by atoms with Crippen molar-refractivity contribution < 1.29 is 19.5 Å². The number of rotatable bonds is 3. The number of thiophene rings is 1. The Morgan fingerprint density at radius 3 is 2.27 bits per heavy atom. The maximum Gasteiger partial charge on any atom is 0.305 e. The number of imide groups is 1. The van der Waals surface area contributed by atoms with E-state index in [0.717, 1.165) is 4.90 Å². The van der Waals surface area contributed by atoms with E-state index in [9.17, 15) is 14.4 Å². The molecule has 1 N–H and O–H groups in total. The SMILES string of the molecule is O=C(O)CCN1C(=O)c2cscc2C1=O. The van der Waals surface area contributed by atoms with Crippen LogP contribution in [0.15, 0.2) is 10.8 Å². The Labute approximate surface area is 88.9 Å². The third-order valence-corrected chi connectivity index (χ3v) is 2.91. The average Bonchev–Trinajstić information content (AvgIpc) is 2.71. The number of carbonyl (C=O) groups excluding carboxylic acids is 2. The summed E-state index contributed by atoms with van der Waals surface area (Å²) in [5.74, 6) is -1.81. The summed E-state index contributed by atoms with van der Waals surface area (Å²) in [6.07, 6.45) is -0.217. The second-order valence-corrected chi connectivity index (χ2v) is 3.85. The van der Waals surface area contributed by atoms with Crippen LogP contribution >= 0.6 is 11.3 Å². The molecule has 2 rings (SSSR count). The Hall–Kier alpha value is -1.69. The number of carboxylic acid groups (broad SMARTS) is 1. The standard InChI is InChI=1S/C9H7NO4S/c11-7(12)1-2-10-8(13)5-3-15-4-6(5)9(10)14/h3-4H,1-2H2,(H,11,12). The molecule has 0 bridgehead atoms. The molecule has 1 aromatic rings. The second-order valence-electron chi connectivity index (χ2n) is 3.10. The van der Waals surface area contributed by atoms with Gasteiger partial charge in [-0.05, 0) is 0 Å². The first-order valence-corrected chi connectivity index (χ1v) is 5.19. The number of amides is 2. The molecule has 1 aromatic heterocycles. The van der Waals surface area contributed by atoms with Crippen molar-refractivity contribution in [2.24, 2.45) is 0 Å². The lowest BCUT2D eigenvalue weighted by atomic mass is 10.2. The molecule has 0 saturated heterocycles. The predicted octanol–water partition coefficient (Wildman–Crippen LogP) is 0.819. The number of nitrogens with zero attached hydrogens (tertiary/aromatic N) is 1. The van der Waals surface area contributed by atoms with Crippen LogP contribution in [0.5, 0.6) is 0 Å². The largest absolute Gasteiger partial charge is 0.481 e. The fourth-order valence-corrected chi connectivity index (χ4v) is 2.22. The van der Waals surface area contributed by atoms with Crippen molar-refractivity contribution in [3.8, 4) is 0 Å². The van der Waals surface area contributed by atoms with Gasteiger partial charge in [0, 0.05) is 17.3 Å². The maximum absolute atomic E-state index is 11.6. The van der Waals surface area contributed by atoms with Crippen molar-refractivity contribution in [3.63, 3.8) is 0 Å². The highest BCUT2D eigenvalue weighted by atomic mass is 32.1. The summed E-state index contributed by atoms with van der Waals surface area (Å²) in [6.45, 7) is -0.0631. The third kappa shape index (κ3) is 1.52. The van der Waals surface area contributed by atoms with Gasteiger partial charge >= 0.3 is 5.97 Å². The molecule has 0 unspecified atom stereocenters. The Morgan fingerprint density at radius 1 is 1.27 bits per heavy atom. The third-order valence-electron chi connectivity index (χ3n) is 2.16. The summed E-state index contributed by atoms with van der Waals surface area (Å²) < 4.78 is 0. The first kappa shape index (κ1) is 9.85. The lowest BCUT2D eigenvalue weighted by molar-refractivity contribution is -0.137. The van der Waals surface area contributed by atoms with E-state index in [4.69, 9.17) is 5.11 Å². The Kier molecular flexibility index (Phi) is 2.28. The van der Waals surface area contributed by atoms with E-state index >= 15 is 0 Å². The van der Waals surface area contributed by atoms with E-state index in [1.54, 1.807) is 10.8 Å². The van der Waals surface area contributed by atoms with Crippen molar-refractivity contribution in [3.05, 3.63) is 21.9 Å². The minimum absolute atomic E-state index is 0.0631. The quantitative estimate of drug-likeness (QED) is 0.773. The molecule has 0 radical (unpaired) electrons. The molecule has 2 heterocycles. The van der Waals surface area contributed by atoms with Gasteiger partial charge in [0.2, 0.25) is 0 Å². The van der Waals surface area contributed by atoms with Gasteiger partial charge < -0.3 is 5.11 Å². The molecule has 0 aliphatic carbocycles. The molecule has 78 valence electrons. The summed E-state index contributed by atoms with van der Waals surface area (Å²) in [7, 11) is 0. The summed E-state index contributed by atoms with van der Waals surface area (Å²) in [5, 5.41) is 11.7. The summed E-state index contributed by atoms with van der Waals surface area (Å²) >= 11 is 1.29. The van der Waals surface area contributed by atoms with Crippen molar-refractivity contribution >= 4 is 29.1 Å². The van der Waals surface area contributed by atoms with Gasteiger partial charge in [-0.25, -0.2) is 0 Å². The van der Waals surface area contributed by atoms with Gasteiger partial charge in [-0.1, -0.05) is 0 Å². The second kappa shape index (κ2) is 3.47. The molecular weight excluding hydrogens is 218 g/mol. The number of carboxylic acids is 1. The number of hydrogen-bond acceptors (Lipinski definition) is 4. The highest BCUT2D eigenvalue weighted by molar-refractivity contribution is 7.08. The lowest BCUT2D eigenvalue weighted by Gasteiger charge is -2.11. The summed E-state index contributed by atoms with van der Waals surface area (Å²) in [4.78, 5) is 34.5. The van der Waals surface area contributed by atoms with E-state index in [2.05, 4.69) is 0 Å². The van der Waals surface area contributed by atoms with Crippen molar-refractivity contribution in [1.29, 1.82) is 0 Å². The Balaban J connectivity index is 2.18. The van der Waals surface area contributed by atoms with Gasteiger partial charge in [-0.3, -0.25) is 19.3 Å². The minimum Gasteiger partial charge on any atom is -0.481 e. The summed E-state index contributed by atoms with van der Waals surface area (Å²) in [6, 6.07) is 0. The molecule has 1 aliphatic rings. The first-order chi connectivity index (χ1) is 7.11. The van der Waals surface area contributed by atoms with Crippen molar-refractivity contribution in [2.45, 2.75) is 6.42 Å². The Morgan fingerprint density at radius 2 is 1.80 bits per heavy atom. The maximum atomic E-state index is 11.6. The van der Waals surface area contributed by atoms with Gasteiger partial charge in [-0.2, -0.15) is 11.3 Å². The van der Waals surface area contributed by atoms with E-state index in [1.807, 2.05) is 0 Å². The molecule has 5 nitrogen and oxygen atoms in total. The van der Waals surface area contributed by atoms with E-state index in [-0.39, 0.29) is 13.0 Å². The molecular formula is C9H7NO4S. The van der Waals surface area contributed by atoms with Crippen LogP contribution in [0.4, 0.5) is 0 Å². The van der Waals surface area contributed by atoms with Gasteiger partial charge in [0.25, 0.3) is 11.8 Å². The van der Waals surface area contributed by atoms with Crippen LogP contribution in [0.3, 0.4) is 0 Å². The molecule has 15 heavy (non-hydrogen) atoms. The zero-order valence-electron chi connectivity index (χ0n) is 7.60. The molecule has 0 spiro atoms. The minimum atomic E-state index is -1.02. The number of aliphatic carboxylic acids is 1. The van der Waals surface area contributed by atoms with Crippen molar-refractivity contribution in [2.75, 3.05) is 6.54 Å². The van der Waals surface area contributed by atoms with E-state index < -0.39 is 17.8 Å². The normalized spacial score (nSPS) is 14.5. The zero-order valence-corrected chi connectivity index (χ0v) is 8.41. The van der Waals surface area contributed by atoms with E-state index in [0.29, 0.717) is 11.1 Å². The van der Waals surface area contributed by atoms with Crippen LogP contribution in [-0.4, -0.2) is 34.3 Å². The van der Waals surface area contributed by atoms with Crippen LogP contribution < -0.4 is 0 Å². The molecule has 0 saturated carbocycles. The first-order valence-electron chi connectivity index (χ1n) is 4.25. The van der Waals surface area contributed by atoms with Crippen molar-refractivity contribution in [1.82, 2.24) is 4.90 Å². The average molecular weight is 225 g/mol. The highest BCUT2D eigenvalue weighted by Crippen LogP contribution is 2.25. The zero-order chi connectivity index (χ0) is 11.0. The monoisotopic (exact) mass is 225 g/mol. The van der Waals surface area contributed by atoms with Crippen LogP contribution in [0.25, 0.3) is 0 Å². The molecule has 6 heteroatoms. The molecule has 1 aliphatic heterocycles. The number of hydrogen-bond donors (Lipinski definition) is 1.